The Bertz CT molecular complexity index is 2210. The van der Waals surface area contributed by atoms with Crippen LogP contribution in [0.2, 0.25) is 0 Å². The normalized spacial score (nSPS) is 25.8. The molecule has 0 radical (unpaired) electrons. The maximum Gasteiger partial charge on any atom is 0.226 e. The zero-order valence-electron chi connectivity index (χ0n) is 32.6. The molecule has 1 amide bonds. The van der Waals surface area contributed by atoms with Crippen molar-refractivity contribution in [1.29, 1.82) is 0 Å². The summed E-state index contributed by atoms with van der Waals surface area (Å²) in [6.07, 6.45) is 3.54. The van der Waals surface area contributed by atoms with Crippen molar-refractivity contribution in [2.75, 3.05) is 31.2 Å². The Kier molecular flexibility index (Phi) is 10.8. The van der Waals surface area contributed by atoms with E-state index in [9.17, 15) is 40.2 Å². The molecular formula is C43H51N3O12. The van der Waals surface area contributed by atoms with Crippen LogP contribution in [0.1, 0.15) is 62.3 Å². The number of hydrogen-bond acceptors (Lipinski definition) is 14. The number of nitrogens with one attached hydrogen (secondary N) is 1. The number of fused-ring (bicyclic) bond motifs is 3. The molecule has 1 aromatic heterocycles. The molecule has 7 N–H and O–H groups in total. The number of phenols is 1. The van der Waals surface area contributed by atoms with Crippen LogP contribution in [0.4, 0.5) is 5.69 Å². The predicted molar refractivity (Wildman–Crippen MR) is 211 cm³/mol. The monoisotopic (exact) mass is 801 g/mol. The Morgan fingerprint density at radius 1 is 1.12 bits per heavy atom. The van der Waals surface area contributed by atoms with Gasteiger partial charge in [-0.05, 0) is 75.3 Å². The molecule has 2 aromatic carbocycles. The highest BCUT2D eigenvalue weighted by Gasteiger charge is 2.53. The van der Waals surface area contributed by atoms with Gasteiger partial charge in [0.2, 0.25) is 5.91 Å². The average molecular weight is 802 g/mol. The highest BCUT2D eigenvalue weighted by molar-refractivity contribution is 5.96. The van der Waals surface area contributed by atoms with Gasteiger partial charge < -0.3 is 50.0 Å². The summed E-state index contributed by atoms with van der Waals surface area (Å²) >= 11 is 0. The molecule has 2 fully saturated rings. The number of allylic oxidation sites excluding steroid dienone is 1. The van der Waals surface area contributed by atoms with E-state index in [1.165, 1.54) is 30.3 Å². The molecule has 15 heteroatoms. The van der Waals surface area contributed by atoms with Crippen LogP contribution in [0.3, 0.4) is 0 Å². The Balaban J connectivity index is 1.14. The molecule has 5 aliphatic rings. The smallest absolute Gasteiger partial charge is 0.226 e. The van der Waals surface area contributed by atoms with Crippen LogP contribution in [-0.4, -0.2) is 105 Å². The van der Waals surface area contributed by atoms with Gasteiger partial charge in [0.25, 0.3) is 0 Å². The van der Waals surface area contributed by atoms with E-state index in [1.807, 2.05) is 24.1 Å². The zero-order valence-corrected chi connectivity index (χ0v) is 32.6. The second-order valence-electron chi connectivity index (χ2n) is 16.8. The number of aliphatic hydroxyl groups is 5. The zero-order chi connectivity index (χ0) is 41.0. The van der Waals surface area contributed by atoms with Gasteiger partial charge in [-0.15, -0.1) is 0 Å². The summed E-state index contributed by atoms with van der Waals surface area (Å²) in [7, 11) is 0. The molecule has 8 rings (SSSR count). The number of amides is 1. The predicted octanol–water partition coefficient (Wildman–Crippen LogP) is 2.63. The second kappa shape index (κ2) is 15.5. The first kappa shape index (κ1) is 40.2. The lowest BCUT2D eigenvalue weighted by Gasteiger charge is -2.44. The number of phenolic OH excluding ortho intramolecular Hbond substituents is 1. The first-order chi connectivity index (χ1) is 27.7. The average Bonchev–Trinajstić information content (AvgIpc) is 4.01. The van der Waals surface area contributed by atoms with Gasteiger partial charge in [-0.1, -0.05) is 25.0 Å². The van der Waals surface area contributed by atoms with Crippen molar-refractivity contribution in [3.8, 4) is 11.5 Å². The van der Waals surface area contributed by atoms with E-state index in [-0.39, 0.29) is 35.8 Å². The lowest BCUT2D eigenvalue weighted by molar-refractivity contribution is -0.371. The molecule has 0 bridgehead atoms. The number of aliphatic imine (C=N–C) groups is 1. The number of carbonyl (C=O) groups is 1. The fourth-order valence-corrected chi connectivity index (χ4v) is 9.48. The number of anilines is 1. The standard InChI is InChI=1S/C43H51N3O12/c1-24-15-32(49)30-16-27-17-34(58-55-23-43(54,39(52)36(51)33(50)22-47)18-25-5-7-29(48)8-6-25)41(2,13-9-28-19-45-40(53)42(28)11-3-4-12-42)57-37(27)35(38(30)56-24)46-20-26-10-14-44-31(26)21-46/h5-8,10,14-16,21,28,33-34,36,39,47-48,50-52,54H,3-4,9,11-13,17-20,22-23H2,1-2H3,(H,45,53). The molecule has 7 unspecified atom stereocenters. The van der Waals surface area contributed by atoms with E-state index >= 15 is 0 Å². The van der Waals surface area contributed by atoms with Crippen LogP contribution in [0.15, 0.2) is 74.1 Å². The number of benzene rings is 2. The van der Waals surface area contributed by atoms with E-state index < -0.39 is 54.2 Å². The van der Waals surface area contributed by atoms with Crippen molar-refractivity contribution in [2.24, 2.45) is 16.3 Å². The largest absolute Gasteiger partial charge is 0.508 e. The van der Waals surface area contributed by atoms with Crippen molar-refractivity contribution in [3.05, 3.63) is 87.1 Å². The van der Waals surface area contributed by atoms with Crippen molar-refractivity contribution < 1.29 is 54.4 Å². The van der Waals surface area contributed by atoms with Crippen LogP contribution < -0.4 is 20.4 Å². The van der Waals surface area contributed by atoms with E-state index in [4.69, 9.17) is 18.9 Å². The maximum atomic E-state index is 13.5. The van der Waals surface area contributed by atoms with Gasteiger partial charge in [0.15, 0.2) is 16.8 Å². The summed E-state index contributed by atoms with van der Waals surface area (Å²) in [5, 5.41) is 66.8. The van der Waals surface area contributed by atoms with E-state index in [0.29, 0.717) is 65.2 Å². The Hall–Kier alpha value is -4.61. The van der Waals surface area contributed by atoms with Crippen LogP contribution >= 0.6 is 0 Å². The molecule has 15 nitrogen and oxygen atoms in total. The topological polar surface area (TPSA) is 224 Å². The molecule has 310 valence electrons. The number of carbonyl (C=O) groups excluding carboxylic acids is 1. The number of ether oxygens (including phenoxy) is 1. The van der Waals surface area contributed by atoms with Gasteiger partial charge >= 0.3 is 0 Å². The van der Waals surface area contributed by atoms with Gasteiger partial charge in [-0.2, -0.15) is 0 Å². The molecule has 5 heterocycles. The highest BCUT2D eigenvalue weighted by atomic mass is 17.2. The van der Waals surface area contributed by atoms with Crippen LogP contribution in [0, 0.1) is 18.3 Å². The number of aliphatic hydroxyl groups excluding tert-OH is 4. The first-order valence-corrected chi connectivity index (χ1v) is 20.0. The van der Waals surface area contributed by atoms with E-state index in [2.05, 4.69) is 10.3 Å². The maximum absolute atomic E-state index is 13.5. The lowest BCUT2D eigenvalue weighted by Crippen LogP contribution is -2.58. The number of aryl methyl sites for hydroxylation is 1. The summed E-state index contributed by atoms with van der Waals surface area (Å²) in [4.78, 5) is 45.2. The molecular weight excluding hydrogens is 750 g/mol. The third kappa shape index (κ3) is 7.22. The van der Waals surface area contributed by atoms with Crippen molar-refractivity contribution >= 4 is 28.8 Å². The molecule has 1 aliphatic carbocycles. The molecule has 58 heavy (non-hydrogen) atoms. The minimum Gasteiger partial charge on any atom is -0.508 e. The van der Waals surface area contributed by atoms with Crippen molar-refractivity contribution in [1.82, 2.24) is 5.32 Å². The third-order valence-corrected chi connectivity index (χ3v) is 12.9. The highest BCUT2D eigenvalue weighted by Crippen LogP contribution is 2.52. The van der Waals surface area contributed by atoms with Crippen LogP contribution in [-0.2, 0) is 27.4 Å². The SMILES string of the molecule is Cc1cc(=O)c2cc3c(c(N4C=C5N=CC=C5C4)c2o1)OC(C)(CCC1CNC(=O)C12CCCC2)C(OOCC(O)(Cc1ccc(O)cc1)C(O)C(O)C(O)CO)C3. The fourth-order valence-electron chi connectivity index (χ4n) is 9.48. The number of aromatic hydroxyl groups is 1. The summed E-state index contributed by atoms with van der Waals surface area (Å²) in [6, 6.07) is 9.03. The number of hydrogen-bond donors (Lipinski definition) is 7. The van der Waals surface area contributed by atoms with Gasteiger partial charge in [0, 0.05) is 49.0 Å². The molecule has 4 aliphatic heterocycles. The summed E-state index contributed by atoms with van der Waals surface area (Å²) in [6.45, 7) is 3.07. The molecule has 7 atom stereocenters. The van der Waals surface area contributed by atoms with Gasteiger partial charge in [0.05, 0.1) is 29.6 Å². The summed E-state index contributed by atoms with van der Waals surface area (Å²) < 4.78 is 13.4. The van der Waals surface area contributed by atoms with Crippen LogP contribution in [0.25, 0.3) is 11.0 Å². The Morgan fingerprint density at radius 3 is 2.60 bits per heavy atom. The Labute approximate surface area is 334 Å². The minimum atomic E-state index is -2.26. The van der Waals surface area contributed by atoms with Crippen molar-refractivity contribution in [3.63, 3.8) is 0 Å². The number of nitrogens with zero attached hydrogens (tertiary/aromatic N) is 2. The minimum absolute atomic E-state index is 0.0182. The first-order valence-electron chi connectivity index (χ1n) is 20.0. The third-order valence-electron chi connectivity index (χ3n) is 12.9. The Morgan fingerprint density at radius 2 is 1.88 bits per heavy atom. The molecule has 1 saturated heterocycles. The van der Waals surface area contributed by atoms with Gasteiger partial charge in [0.1, 0.15) is 59.4 Å². The van der Waals surface area contributed by atoms with Crippen molar-refractivity contribution in [2.45, 2.75) is 101 Å². The number of rotatable bonds is 14. The summed E-state index contributed by atoms with van der Waals surface area (Å²) in [5.74, 6) is 1.07. The van der Waals surface area contributed by atoms with Crippen LogP contribution in [0.5, 0.6) is 11.5 Å². The van der Waals surface area contributed by atoms with Gasteiger partial charge in [-0.3, -0.25) is 14.6 Å². The summed E-state index contributed by atoms with van der Waals surface area (Å²) in [5.41, 5.74) is -0.196. The second-order valence-corrected chi connectivity index (χ2v) is 16.8. The van der Waals surface area contributed by atoms with Gasteiger partial charge in [-0.25, -0.2) is 9.78 Å². The molecule has 1 saturated carbocycles. The quantitative estimate of drug-likeness (QED) is 0.0922. The van der Waals surface area contributed by atoms with E-state index in [1.54, 1.807) is 19.2 Å². The fraction of sp³-hybridized carbons (Fsp3) is 0.512. The molecule has 3 aromatic rings. The lowest BCUT2D eigenvalue weighted by atomic mass is 9.72. The van der Waals surface area contributed by atoms with E-state index in [0.717, 1.165) is 37.0 Å². The molecule has 1 spiro atoms.